The quantitative estimate of drug-likeness (QED) is 0.627. The van der Waals surface area contributed by atoms with Gasteiger partial charge in [-0.1, -0.05) is 0 Å². The molecular formula is C15H16FN3O5. The first kappa shape index (κ1) is 17.4. The van der Waals surface area contributed by atoms with E-state index in [0.29, 0.717) is 0 Å². The van der Waals surface area contributed by atoms with Gasteiger partial charge in [-0.2, -0.15) is 0 Å². The number of halogens is 1. The zero-order valence-electron chi connectivity index (χ0n) is 12.7. The highest BCUT2D eigenvalue weighted by Gasteiger charge is 2.25. The van der Waals surface area contributed by atoms with Crippen molar-refractivity contribution >= 4 is 11.9 Å². The van der Waals surface area contributed by atoms with Gasteiger partial charge >= 0.3 is 5.97 Å². The van der Waals surface area contributed by atoms with Crippen LogP contribution >= 0.6 is 0 Å². The highest BCUT2D eigenvalue weighted by Crippen LogP contribution is 2.14. The third-order valence-electron chi connectivity index (χ3n) is 3.08. The fraction of sp³-hybridized carbons (Fsp3) is 0.267. The Morgan fingerprint density at radius 3 is 2.67 bits per heavy atom. The van der Waals surface area contributed by atoms with Crippen molar-refractivity contribution in [1.29, 1.82) is 0 Å². The van der Waals surface area contributed by atoms with Crippen LogP contribution < -0.4 is 10.1 Å². The van der Waals surface area contributed by atoms with Gasteiger partial charge in [-0.15, -0.1) is 0 Å². The van der Waals surface area contributed by atoms with Gasteiger partial charge in [0.05, 0.1) is 31.9 Å². The third kappa shape index (κ3) is 4.53. The van der Waals surface area contributed by atoms with Gasteiger partial charge in [-0.25, -0.2) is 14.2 Å². The minimum absolute atomic E-state index is 0.210. The Bertz CT molecular complexity index is 675. The van der Waals surface area contributed by atoms with E-state index in [9.17, 15) is 19.1 Å². The normalized spacial score (nSPS) is 13.0. The molecule has 1 heterocycles. The van der Waals surface area contributed by atoms with Crippen LogP contribution in [0.15, 0.2) is 36.8 Å². The number of hydrogen-bond donors (Lipinski definition) is 3. The van der Waals surface area contributed by atoms with Crippen LogP contribution in [0.25, 0.3) is 0 Å². The molecule has 0 bridgehead atoms. The highest BCUT2D eigenvalue weighted by atomic mass is 19.1. The maximum Gasteiger partial charge on any atom is 0.348 e. The van der Waals surface area contributed by atoms with E-state index in [1.165, 1.54) is 43.9 Å². The van der Waals surface area contributed by atoms with Crippen molar-refractivity contribution in [3.8, 4) is 5.75 Å². The summed E-state index contributed by atoms with van der Waals surface area (Å²) >= 11 is 0. The van der Waals surface area contributed by atoms with Crippen molar-refractivity contribution in [2.45, 2.75) is 12.2 Å². The van der Waals surface area contributed by atoms with Crippen molar-refractivity contribution in [3.05, 3.63) is 48.3 Å². The standard InChI is InChI=1S/C15H16FN3O5/c1-23-15(22)12(24-10-4-2-9(16)3-5-10)7-18-14(21)13(20)11-6-17-8-19-11/h2-6,8,12-13,20H,7H2,1H3,(H,17,19)(H,18,21). The molecule has 0 fully saturated rings. The molecule has 8 nitrogen and oxygen atoms in total. The lowest BCUT2D eigenvalue weighted by Gasteiger charge is -2.18. The molecule has 1 aromatic heterocycles. The molecule has 0 aliphatic heterocycles. The summed E-state index contributed by atoms with van der Waals surface area (Å²) in [7, 11) is 1.17. The number of esters is 1. The van der Waals surface area contributed by atoms with Crippen LogP contribution in [-0.2, 0) is 14.3 Å². The molecule has 0 aliphatic rings. The van der Waals surface area contributed by atoms with Gasteiger partial charge in [0.15, 0.2) is 6.10 Å². The van der Waals surface area contributed by atoms with E-state index in [2.05, 4.69) is 20.0 Å². The van der Waals surface area contributed by atoms with Gasteiger partial charge in [-0.05, 0) is 24.3 Å². The van der Waals surface area contributed by atoms with Crippen LogP contribution in [0.1, 0.15) is 11.8 Å². The maximum atomic E-state index is 12.9. The van der Waals surface area contributed by atoms with Crippen molar-refractivity contribution in [2.75, 3.05) is 13.7 Å². The first-order chi connectivity index (χ1) is 11.5. The van der Waals surface area contributed by atoms with Gasteiger partial charge < -0.3 is 24.9 Å². The van der Waals surface area contributed by atoms with E-state index in [1.54, 1.807) is 0 Å². The molecule has 0 radical (unpaired) electrons. The van der Waals surface area contributed by atoms with Gasteiger partial charge in [-0.3, -0.25) is 4.79 Å². The molecule has 0 saturated carbocycles. The number of carbonyl (C=O) groups is 2. The summed E-state index contributed by atoms with van der Waals surface area (Å²) in [5.74, 6) is -1.69. The number of hydrogen-bond acceptors (Lipinski definition) is 6. The molecule has 24 heavy (non-hydrogen) atoms. The number of imidazole rings is 1. The van der Waals surface area contributed by atoms with Crippen molar-refractivity contribution < 1.29 is 28.6 Å². The van der Waals surface area contributed by atoms with Crippen LogP contribution in [0.4, 0.5) is 4.39 Å². The van der Waals surface area contributed by atoms with Crippen molar-refractivity contribution in [1.82, 2.24) is 15.3 Å². The van der Waals surface area contributed by atoms with E-state index >= 15 is 0 Å². The maximum absolute atomic E-state index is 12.9. The smallest absolute Gasteiger partial charge is 0.348 e. The summed E-state index contributed by atoms with van der Waals surface area (Å²) in [5, 5.41) is 12.2. The number of amides is 1. The summed E-state index contributed by atoms with van der Waals surface area (Å²) < 4.78 is 22.9. The Kier molecular flexibility index (Phi) is 5.85. The minimum atomic E-state index is -1.46. The van der Waals surface area contributed by atoms with Crippen LogP contribution in [0, 0.1) is 5.82 Å². The molecule has 1 amide bonds. The predicted octanol–water partition coefficient (Wildman–Crippen LogP) is 0.319. The first-order valence-corrected chi connectivity index (χ1v) is 6.95. The summed E-state index contributed by atoms with van der Waals surface area (Å²) in [6, 6.07) is 5.02. The number of ether oxygens (including phenoxy) is 2. The Balaban J connectivity index is 1.97. The summed E-state index contributed by atoms with van der Waals surface area (Å²) in [6.07, 6.45) is 0.00706. The fourth-order valence-corrected chi connectivity index (χ4v) is 1.83. The van der Waals surface area contributed by atoms with Gasteiger partial charge in [0.2, 0.25) is 6.10 Å². The number of rotatable bonds is 7. The average molecular weight is 337 g/mol. The zero-order chi connectivity index (χ0) is 17.5. The molecule has 128 valence electrons. The second kappa shape index (κ2) is 8.06. The number of H-pyrrole nitrogens is 1. The highest BCUT2D eigenvalue weighted by molar-refractivity contribution is 5.82. The summed E-state index contributed by atoms with van der Waals surface area (Å²) in [5.41, 5.74) is 0.210. The van der Waals surface area contributed by atoms with E-state index in [-0.39, 0.29) is 18.0 Å². The minimum Gasteiger partial charge on any atom is -0.477 e. The SMILES string of the molecule is COC(=O)C(CNC(=O)C(O)c1cnc[nH]1)Oc1ccc(F)cc1. The lowest BCUT2D eigenvalue weighted by molar-refractivity contribution is -0.149. The molecule has 0 saturated heterocycles. The van der Waals surface area contributed by atoms with Crippen LogP contribution in [0.2, 0.25) is 0 Å². The first-order valence-electron chi connectivity index (χ1n) is 6.95. The van der Waals surface area contributed by atoms with E-state index in [1.807, 2.05) is 0 Å². The van der Waals surface area contributed by atoms with Gasteiger partial charge in [0.25, 0.3) is 5.91 Å². The Morgan fingerprint density at radius 2 is 2.08 bits per heavy atom. The average Bonchev–Trinajstić information content (AvgIpc) is 3.13. The summed E-state index contributed by atoms with van der Waals surface area (Å²) in [6.45, 7) is -0.242. The molecule has 0 spiro atoms. The number of nitrogens with zero attached hydrogens (tertiary/aromatic N) is 1. The monoisotopic (exact) mass is 337 g/mol. The molecule has 2 unspecified atom stereocenters. The topological polar surface area (TPSA) is 114 Å². The predicted molar refractivity (Wildman–Crippen MR) is 79.4 cm³/mol. The van der Waals surface area contributed by atoms with Gasteiger partial charge in [0.1, 0.15) is 11.6 Å². The Hall–Kier alpha value is -2.94. The lowest BCUT2D eigenvalue weighted by Crippen LogP contribution is -2.42. The number of nitrogens with one attached hydrogen (secondary N) is 2. The largest absolute Gasteiger partial charge is 0.477 e. The second-order valence-electron chi connectivity index (χ2n) is 4.74. The zero-order valence-corrected chi connectivity index (χ0v) is 12.7. The number of aromatic amines is 1. The molecule has 2 rings (SSSR count). The van der Waals surface area contributed by atoms with Crippen molar-refractivity contribution in [2.24, 2.45) is 0 Å². The molecule has 1 aromatic carbocycles. The summed E-state index contributed by atoms with van der Waals surface area (Å²) in [4.78, 5) is 29.9. The molecule has 9 heteroatoms. The van der Waals surface area contributed by atoms with Crippen LogP contribution in [0.5, 0.6) is 5.75 Å². The van der Waals surface area contributed by atoms with Crippen LogP contribution in [0.3, 0.4) is 0 Å². The Morgan fingerprint density at radius 1 is 1.38 bits per heavy atom. The number of aliphatic hydroxyl groups excluding tert-OH is 1. The number of aromatic nitrogens is 2. The van der Waals surface area contributed by atoms with E-state index in [4.69, 9.17) is 4.74 Å². The number of methoxy groups -OCH3 is 1. The molecule has 0 aliphatic carbocycles. The Labute approximate surface area is 136 Å². The lowest BCUT2D eigenvalue weighted by atomic mass is 10.2. The van der Waals surface area contributed by atoms with E-state index < -0.39 is 29.9 Å². The fourth-order valence-electron chi connectivity index (χ4n) is 1.83. The van der Waals surface area contributed by atoms with Gasteiger partial charge in [0, 0.05) is 0 Å². The van der Waals surface area contributed by atoms with Crippen molar-refractivity contribution in [3.63, 3.8) is 0 Å². The number of aliphatic hydroxyl groups is 1. The third-order valence-corrected chi connectivity index (χ3v) is 3.08. The molecule has 2 aromatic rings. The van der Waals surface area contributed by atoms with Crippen LogP contribution in [-0.4, -0.2) is 46.7 Å². The number of carbonyl (C=O) groups excluding carboxylic acids is 2. The number of benzene rings is 1. The molecular weight excluding hydrogens is 321 g/mol. The molecule has 2 atom stereocenters. The van der Waals surface area contributed by atoms with E-state index in [0.717, 1.165) is 0 Å². The molecule has 3 N–H and O–H groups in total. The second-order valence-corrected chi connectivity index (χ2v) is 4.74.